The van der Waals surface area contributed by atoms with Crippen LogP contribution in [0.1, 0.15) is 27.7 Å². The minimum Gasteiger partial charge on any atom is -0.408 e. The van der Waals surface area contributed by atoms with Crippen molar-refractivity contribution in [3.8, 4) is 0 Å². The van der Waals surface area contributed by atoms with Gasteiger partial charge in [0.15, 0.2) is 5.58 Å². The molecule has 20 heavy (non-hydrogen) atoms. The molecule has 1 aliphatic carbocycles. The van der Waals surface area contributed by atoms with Crippen molar-refractivity contribution < 1.29 is 4.42 Å². The Morgan fingerprint density at radius 2 is 1.95 bits per heavy atom. The van der Waals surface area contributed by atoms with Crippen LogP contribution < -0.4 is 16.8 Å². The largest absolute Gasteiger partial charge is 0.417 e. The highest BCUT2D eigenvalue weighted by atomic mass is 16.4. The van der Waals surface area contributed by atoms with E-state index in [1.165, 1.54) is 0 Å². The van der Waals surface area contributed by atoms with E-state index in [2.05, 4.69) is 38.0 Å². The molecule has 0 unspecified atom stereocenters. The van der Waals surface area contributed by atoms with Crippen LogP contribution in [0.25, 0.3) is 11.1 Å². The van der Waals surface area contributed by atoms with Gasteiger partial charge in [0.05, 0.1) is 16.9 Å². The van der Waals surface area contributed by atoms with Crippen LogP contribution in [-0.2, 0) is 0 Å². The summed E-state index contributed by atoms with van der Waals surface area (Å²) in [5, 5.41) is 3.40. The van der Waals surface area contributed by atoms with E-state index in [1.807, 2.05) is 6.07 Å². The fourth-order valence-corrected chi connectivity index (χ4v) is 3.22. The second kappa shape index (κ2) is 3.81. The number of hydrogen-bond donors (Lipinski definition) is 3. The second-order valence-corrected chi connectivity index (χ2v) is 6.83. The monoisotopic (exact) mass is 275 g/mol. The maximum Gasteiger partial charge on any atom is 0.417 e. The molecule has 0 bridgehead atoms. The van der Waals surface area contributed by atoms with Crippen molar-refractivity contribution in [3.05, 3.63) is 22.7 Å². The zero-order chi connectivity index (χ0) is 14.7. The van der Waals surface area contributed by atoms with Gasteiger partial charge in [0.2, 0.25) is 0 Å². The third kappa shape index (κ3) is 1.72. The van der Waals surface area contributed by atoms with Gasteiger partial charge in [0.1, 0.15) is 0 Å². The van der Waals surface area contributed by atoms with Crippen molar-refractivity contribution in [1.29, 1.82) is 0 Å². The maximum absolute atomic E-state index is 11.2. The average molecular weight is 275 g/mol. The van der Waals surface area contributed by atoms with Gasteiger partial charge in [-0.2, -0.15) is 0 Å². The molecule has 0 atom stereocenters. The Morgan fingerprint density at radius 1 is 1.30 bits per heavy atom. The van der Waals surface area contributed by atoms with Gasteiger partial charge in [-0.05, 0) is 22.8 Å². The van der Waals surface area contributed by atoms with Crippen LogP contribution in [0.2, 0.25) is 0 Å². The first-order chi connectivity index (χ1) is 9.23. The number of aromatic nitrogens is 1. The second-order valence-electron chi connectivity index (χ2n) is 6.83. The summed E-state index contributed by atoms with van der Waals surface area (Å²) >= 11 is 0. The van der Waals surface area contributed by atoms with Crippen molar-refractivity contribution in [2.45, 2.75) is 27.7 Å². The van der Waals surface area contributed by atoms with Gasteiger partial charge in [-0.3, -0.25) is 4.98 Å². The molecule has 1 saturated carbocycles. The number of benzene rings is 1. The highest BCUT2D eigenvalue weighted by Crippen LogP contribution is 2.68. The molecule has 1 heterocycles. The molecule has 5 nitrogen and oxygen atoms in total. The van der Waals surface area contributed by atoms with E-state index in [9.17, 15) is 4.79 Å². The SMILES string of the molecule is CC1(C)C(CNc2cc3[nH]c(=O)oc3cc2N)C1(C)C. The Bertz CT molecular complexity index is 710. The van der Waals surface area contributed by atoms with E-state index in [4.69, 9.17) is 10.2 Å². The summed E-state index contributed by atoms with van der Waals surface area (Å²) in [7, 11) is 0. The Balaban J connectivity index is 1.82. The lowest BCUT2D eigenvalue weighted by molar-refractivity contribution is 0.457. The highest BCUT2D eigenvalue weighted by Gasteiger charge is 2.64. The van der Waals surface area contributed by atoms with Gasteiger partial charge in [0, 0.05) is 12.6 Å². The molecule has 3 rings (SSSR count). The van der Waals surface area contributed by atoms with Crippen LogP contribution in [-0.4, -0.2) is 11.5 Å². The highest BCUT2D eigenvalue weighted by molar-refractivity contribution is 5.85. The van der Waals surface area contributed by atoms with Crippen molar-refractivity contribution in [2.24, 2.45) is 16.7 Å². The molecule has 1 aromatic heterocycles. The number of nitrogen functional groups attached to an aromatic ring is 1. The fraction of sp³-hybridized carbons (Fsp3) is 0.533. The lowest BCUT2D eigenvalue weighted by Gasteiger charge is -2.10. The molecule has 108 valence electrons. The normalized spacial score (nSPS) is 20.2. The molecule has 1 aliphatic rings. The number of oxazole rings is 1. The summed E-state index contributed by atoms with van der Waals surface area (Å²) in [5.41, 5.74) is 9.26. The van der Waals surface area contributed by atoms with E-state index < -0.39 is 5.76 Å². The smallest absolute Gasteiger partial charge is 0.408 e. The van der Waals surface area contributed by atoms with Gasteiger partial charge in [-0.15, -0.1) is 0 Å². The quantitative estimate of drug-likeness (QED) is 0.752. The predicted molar refractivity (Wildman–Crippen MR) is 80.8 cm³/mol. The Kier molecular flexibility index (Phi) is 2.49. The molecular formula is C15H21N3O2. The first-order valence-electron chi connectivity index (χ1n) is 6.89. The van der Waals surface area contributed by atoms with Crippen LogP contribution in [0, 0.1) is 16.7 Å². The van der Waals surface area contributed by atoms with Crippen LogP contribution in [0.5, 0.6) is 0 Å². The Labute approximate surface area is 117 Å². The zero-order valence-corrected chi connectivity index (χ0v) is 12.3. The molecular weight excluding hydrogens is 254 g/mol. The molecule has 1 aromatic carbocycles. The molecule has 1 fully saturated rings. The molecule has 4 N–H and O–H groups in total. The third-order valence-corrected chi connectivity index (χ3v) is 5.41. The van der Waals surface area contributed by atoms with Crippen LogP contribution >= 0.6 is 0 Å². The van der Waals surface area contributed by atoms with Crippen molar-refractivity contribution in [3.63, 3.8) is 0 Å². The Hall–Kier alpha value is -1.91. The number of anilines is 2. The van der Waals surface area contributed by atoms with Crippen LogP contribution in [0.15, 0.2) is 21.3 Å². The first kappa shape index (κ1) is 13.1. The van der Waals surface area contributed by atoms with E-state index in [-0.39, 0.29) is 0 Å². The lowest BCUT2D eigenvalue weighted by atomic mass is 10.0. The van der Waals surface area contributed by atoms with Crippen molar-refractivity contribution in [2.75, 3.05) is 17.6 Å². The zero-order valence-electron chi connectivity index (χ0n) is 12.3. The van der Waals surface area contributed by atoms with Crippen molar-refractivity contribution >= 4 is 22.5 Å². The van der Waals surface area contributed by atoms with Gasteiger partial charge < -0.3 is 15.5 Å². The number of nitrogens with one attached hydrogen (secondary N) is 2. The predicted octanol–water partition coefficient (Wildman–Crippen LogP) is 2.80. The number of fused-ring (bicyclic) bond motifs is 1. The summed E-state index contributed by atoms with van der Waals surface area (Å²) in [6.07, 6.45) is 0. The standard InChI is InChI=1S/C15H21N3O2/c1-14(2)12(15(14,3)4)7-17-9-6-10-11(5-8(9)16)20-13(19)18-10/h5-6,12,17H,7,16H2,1-4H3,(H,18,19). The van der Waals surface area contributed by atoms with E-state index >= 15 is 0 Å². The summed E-state index contributed by atoms with van der Waals surface area (Å²) in [5.74, 6) is 0.148. The van der Waals surface area contributed by atoms with Gasteiger partial charge >= 0.3 is 5.76 Å². The fourth-order valence-electron chi connectivity index (χ4n) is 3.22. The number of rotatable bonds is 3. The van der Waals surface area contributed by atoms with E-state index in [1.54, 1.807) is 6.07 Å². The summed E-state index contributed by atoms with van der Waals surface area (Å²) in [4.78, 5) is 13.8. The van der Waals surface area contributed by atoms with Gasteiger partial charge in [0.25, 0.3) is 0 Å². The summed E-state index contributed by atoms with van der Waals surface area (Å²) < 4.78 is 4.99. The number of nitrogens with two attached hydrogens (primary N) is 1. The maximum atomic E-state index is 11.2. The first-order valence-corrected chi connectivity index (χ1v) is 6.89. The minimum absolute atomic E-state index is 0.336. The van der Waals surface area contributed by atoms with Crippen LogP contribution in [0.4, 0.5) is 11.4 Å². The van der Waals surface area contributed by atoms with E-state index in [0.29, 0.717) is 33.5 Å². The molecule has 2 aromatic rings. The topological polar surface area (TPSA) is 84.0 Å². The minimum atomic E-state index is -0.457. The number of hydrogen-bond acceptors (Lipinski definition) is 4. The van der Waals surface area contributed by atoms with Crippen molar-refractivity contribution in [1.82, 2.24) is 4.98 Å². The molecule has 0 amide bonds. The Morgan fingerprint density at radius 3 is 2.55 bits per heavy atom. The summed E-state index contributed by atoms with van der Waals surface area (Å²) in [6, 6.07) is 3.51. The summed E-state index contributed by atoms with van der Waals surface area (Å²) in [6.45, 7) is 10.0. The molecule has 0 radical (unpaired) electrons. The molecule has 5 heteroatoms. The lowest BCUT2D eigenvalue weighted by Crippen LogP contribution is -2.09. The average Bonchev–Trinajstić information content (AvgIpc) is 2.61. The third-order valence-electron chi connectivity index (χ3n) is 5.41. The molecule has 0 saturated heterocycles. The van der Waals surface area contributed by atoms with Gasteiger partial charge in [-0.25, -0.2) is 4.79 Å². The molecule has 0 aliphatic heterocycles. The van der Waals surface area contributed by atoms with E-state index in [0.717, 1.165) is 12.2 Å². The number of H-pyrrole nitrogens is 1. The van der Waals surface area contributed by atoms with Crippen LogP contribution in [0.3, 0.4) is 0 Å². The number of aromatic amines is 1. The molecule has 0 spiro atoms. The van der Waals surface area contributed by atoms with Gasteiger partial charge in [-0.1, -0.05) is 27.7 Å².